The fourth-order valence-electron chi connectivity index (χ4n) is 3.40. The standard InChI is InChI=1S/C15H17NO4/c17-14(16-6-5-11-2-1-7-20-11)12-9-3-4-10(8-9)13(12)15(18)19/h1-4,7,9-10,12-13H,5-6,8H2,(H,16,17)(H,18,19)/t9?,10?,12-,13+/m0/s1. The Morgan fingerprint density at radius 2 is 2.05 bits per heavy atom. The number of carboxylic acid groups (broad SMARTS) is 1. The molecule has 0 saturated heterocycles. The molecule has 2 bridgehead atoms. The number of hydrogen-bond acceptors (Lipinski definition) is 3. The third-order valence-corrected chi connectivity index (χ3v) is 4.30. The van der Waals surface area contributed by atoms with Gasteiger partial charge in [-0.1, -0.05) is 12.2 Å². The van der Waals surface area contributed by atoms with E-state index in [2.05, 4.69) is 5.32 Å². The molecule has 5 nitrogen and oxygen atoms in total. The van der Waals surface area contributed by atoms with Gasteiger partial charge in [0.1, 0.15) is 5.76 Å². The van der Waals surface area contributed by atoms with Gasteiger partial charge in [-0.2, -0.15) is 0 Å². The van der Waals surface area contributed by atoms with E-state index in [9.17, 15) is 14.7 Å². The summed E-state index contributed by atoms with van der Waals surface area (Å²) in [5.41, 5.74) is 0. The molecule has 0 aromatic carbocycles. The summed E-state index contributed by atoms with van der Waals surface area (Å²) in [7, 11) is 0. The molecule has 0 spiro atoms. The van der Waals surface area contributed by atoms with Crippen LogP contribution in [0.1, 0.15) is 12.2 Å². The monoisotopic (exact) mass is 275 g/mol. The van der Waals surface area contributed by atoms with Gasteiger partial charge in [-0.05, 0) is 30.4 Å². The first-order valence-electron chi connectivity index (χ1n) is 6.88. The maximum absolute atomic E-state index is 12.2. The van der Waals surface area contributed by atoms with Crippen LogP contribution < -0.4 is 5.32 Å². The fourth-order valence-corrected chi connectivity index (χ4v) is 3.40. The van der Waals surface area contributed by atoms with Crippen LogP contribution in [-0.2, 0) is 16.0 Å². The van der Waals surface area contributed by atoms with Crippen molar-refractivity contribution >= 4 is 11.9 Å². The van der Waals surface area contributed by atoms with Crippen LogP contribution in [0.4, 0.5) is 0 Å². The topological polar surface area (TPSA) is 79.5 Å². The highest BCUT2D eigenvalue weighted by atomic mass is 16.4. The fraction of sp³-hybridized carbons (Fsp3) is 0.467. The number of carboxylic acids is 1. The summed E-state index contributed by atoms with van der Waals surface area (Å²) in [6.07, 6.45) is 6.93. The summed E-state index contributed by atoms with van der Waals surface area (Å²) in [4.78, 5) is 23.6. The van der Waals surface area contributed by atoms with Crippen LogP contribution in [-0.4, -0.2) is 23.5 Å². The lowest BCUT2D eigenvalue weighted by molar-refractivity contribution is -0.147. The van der Waals surface area contributed by atoms with Crippen molar-refractivity contribution in [2.45, 2.75) is 12.8 Å². The van der Waals surface area contributed by atoms with E-state index >= 15 is 0 Å². The van der Waals surface area contributed by atoms with Crippen molar-refractivity contribution in [1.82, 2.24) is 5.32 Å². The summed E-state index contributed by atoms with van der Waals surface area (Å²) >= 11 is 0. The first kappa shape index (κ1) is 13.0. The normalized spacial score (nSPS) is 30.6. The van der Waals surface area contributed by atoms with Gasteiger partial charge in [0.15, 0.2) is 0 Å². The molecule has 2 unspecified atom stereocenters. The summed E-state index contributed by atoms with van der Waals surface area (Å²) in [6, 6.07) is 3.66. The van der Waals surface area contributed by atoms with Gasteiger partial charge < -0.3 is 14.8 Å². The molecule has 0 radical (unpaired) electrons. The third-order valence-electron chi connectivity index (χ3n) is 4.30. The molecule has 1 aromatic rings. The van der Waals surface area contributed by atoms with E-state index in [4.69, 9.17) is 4.42 Å². The second kappa shape index (κ2) is 5.15. The highest BCUT2D eigenvalue weighted by Gasteiger charge is 2.51. The van der Waals surface area contributed by atoms with Crippen molar-refractivity contribution in [2.24, 2.45) is 23.7 Å². The van der Waals surface area contributed by atoms with Crippen molar-refractivity contribution in [3.8, 4) is 0 Å². The molecule has 2 aliphatic carbocycles. The van der Waals surface area contributed by atoms with E-state index in [1.165, 1.54) is 0 Å². The van der Waals surface area contributed by atoms with Crippen molar-refractivity contribution in [3.63, 3.8) is 0 Å². The maximum atomic E-state index is 12.2. The van der Waals surface area contributed by atoms with Crippen LogP contribution in [0.15, 0.2) is 35.0 Å². The lowest BCUT2D eigenvalue weighted by atomic mass is 9.82. The predicted molar refractivity (Wildman–Crippen MR) is 70.8 cm³/mol. The van der Waals surface area contributed by atoms with Crippen molar-refractivity contribution < 1.29 is 19.1 Å². The highest BCUT2D eigenvalue weighted by molar-refractivity contribution is 5.86. The van der Waals surface area contributed by atoms with Crippen molar-refractivity contribution in [1.29, 1.82) is 0 Å². The first-order valence-corrected chi connectivity index (χ1v) is 6.88. The second-order valence-corrected chi connectivity index (χ2v) is 5.46. The number of amides is 1. The molecule has 1 amide bonds. The zero-order valence-corrected chi connectivity index (χ0v) is 11.0. The summed E-state index contributed by atoms with van der Waals surface area (Å²) in [6.45, 7) is 0.469. The Kier molecular flexibility index (Phi) is 3.34. The quantitative estimate of drug-likeness (QED) is 0.797. The molecule has 2 N–H and O–H groups in total. The van der Waals surface area contributed by atoms with Gasteiger partial charge in [0, 0.05) is 13.0 Å². The van der Waals surface area contributed by atoms with Gasteiger partial charge in [-0.25, -0.2) is 0 Å². The van der Waals surface area contributed by atoms with Crippen LogP contribution in [0.3, 0.4) is 0 Å². The zero-order chi connectivity index (χ0) is 14.1. The van der Waals surface area contributed by atoms with Gasteiger partial charge in [0.25, 0.3) is 0 Å². The Bertz CT molecular complexity index is 534. The Labute approximate surface area is 116 Å². The largest absolute Gasteiger partial charge is 0.481 e. The van der Waals surface area contributed by atoms with Crippen LogP contribution in [0.2, 0.25) is 0 Å². The van der Waals surface area contributed by atoms with E-state index in [0.717, 1.165) is 12.2 Å². The minimum atomic E-state index is -0.868. The summed E-state index contributed by atoms with van der Waals surface area (Å²) in [5.74, 6) is -1.13. The van der Waals surface area contributed by atoms with E-state index in [-0.39, 0.29) is 17.7 Å². The molecule has 1 fully saturated rings. The highest BCUT2D eigenvalue weighted by Crippen LogP contribution is 2.48. The van der Waals surface area contributed by atoms with Crippen LogP contribution in [0.25, 0.3) is 0 Å². The van der Waals surface area contributed by atoms with Gasteiger partial charge in [-0.3, -0.25) is 9.59 Å². The number of nitrogens with one attached hydrogen (secondary N) is 1. The minimum absolute atomic E-state index is 0.0123. The molecule has 1 heterocycles. The summed E-state index contributed by atoms with van der Waals surface area (Å²) < 4.78 is 5.19. The molecular weight excluding hydrogens is 258 g/mol. The van der Waals surface area contributed by atoms with E-state index < -0.39 is 17.8 Å². The van der Waals surface area contributed by atoms with E-state index in [0.29, 0.717) is 13.0 Å². The minimum Gasteiger partial charge on any atom is -0.481 e. The lowest BCUT2D eigenvalue weighted by Gasteiger charge is -2.23. The number of carbonyl (C=O) groups is 2. The van der Waals surface area contributed by atoms with E-state index in [1.54, 1.807) is 12.3 Å². The van der Waals surface area contributed by atoms with Gasteiger partial charge in [-0.15, -0.1) is 0 Å². The molecule has 0 aliphatic heterocycles. The number of carbonyl (C=O) groups excluding carboxylic acids is 1. The molecule has 20 heavy (non-hydrogen) atoms. The maximum Gasteiger partial charge on any atom is 0.307 e. The van der Waals surface area contributed by atoms with Gasteiger partial charge >= 0.3 is 5.97 Å². The average Bonchev–Trinajstić information content (AvgIpc) is 3.13. The van der Waals surface area contributed by atoms with Gasteiger partial charge in [0.05, 0.1) is 18.1 Å². The number of rotatable bonds is 5. The van der Waals surface area contributed by atoms with Gasteiger partial charge in [0.2, 0.25) is 5.91 Å². The number of hydrogen-bond donors (Lipinski definition) is 2. The predicted octanol–water partition coefficient (Wildman–Crippen LogP) is 1.46. The molecular formula is C15H17NO4. The number of fused-ring (bicyclic) bond motifs is 2. The van der Waals surface area contributed by atoms with Crippen molar-refractivity contribution in [2.75, 3.05) is 6.54 Å². The molecule has 1 aromatic heterocycles. The Balaban J connectivity index is 1.59. The Morgan fingerprint density at radius 1 is 1.30 bits per heavy atom. The molecule has 5 heteroatoms. The Morgan fingerprint density at radius 3 is 2.70 bits per heavy atom. The second-order valence-electron chi connectivity index (χ2n) is 5.46. The SMILES string of the molecule is O=C(O)[C@@H]1C2C=CC(C2)[C@@H]1C(=O)NCCc1ccco1. The van der Waals surface area contributed by atoms with Crippen LogP contribution in [0, 0.1) is 23.7 Å². The van der Waals surface area contributed by atoms with Crippen molar-refractivity contribution in [3.05, 3.63) is 36.3 Å². The summed E-state index contributed by atoms with van der Waals surface area (Å²) in [5, 5.41) is 12.1. The lowest BCUT2D eigenvalue weighted by Crippen LogP contribution is -2.40. The van der Waals surface area contributed by atoms with Crippen LogP contribution >= 0.6 is 0 Å². The first-order chi connectivity index (χ1) is 9.66. The number of furan rings is 1. The molecule has 3 rings (SSSR count). The molecule has 2 aliphatic rings. The Hall–Kier alpha value is -2.04. The molecule has 4 atom stereocenters. The zero-order valence-electron chi connectivity index (χ0n) is 11.0. The molecule has 1 saturated carbocycles. The smallest absolute Gasteiger partial charge is 0.307 e. The average molecular weight is 275 g/mol. The van der Waals surface area contributed by atoms with E-state index in [1.807, 2.05) is 18.2 Å². The number of aliphatic carboxylic acids is 1. The van der Waals surface area contributed by atoms with Crippen LogP contribution in [0.5, 0.6) is 0 Å². The molecule has 106 valence electrons. The third kappa shape index (κ3) is 2.24. The number of allylic oxidation sites excluding steroid dienone is 2.